The number of hydrogen-bond donors (Lipinski definition) is 0. The standard InChI is InChI=1S/C19H32N4O2/c1-14(2)18-20-17(21-25-18)16-9-8-12-23(13-16)19(24)15(3)22-10-6-4-5-7-11-22/h14-16H,4-13H2,1-3H3/t15-,16+/m1/s1. The van der Waals surface area contributed by atoms with Crippen LogP contribution in [0, 0.1) is 0 Å². The number of piperidine rings is 1. The SMILES string of the molecule is CC(C)c1nc([C@H]2CCCN(C(=O)[C@@H](C)N3CCCCCC3)C2)no1. The molecule has 0 unspecified atom stereocenters. The highest BCUT2D eigenvalue weighted by Gasteiger charge is 2.32. The van der Waals surface area contributed by atoms with Gasteiger partial charge in [0.1, 0.15) is 0 Å². The summed E-state index contributed by atoms with van der Waals surface area (Å²) in [5, 5.41) is 4.17. The molecule has 1 aromatic rings. The topological polar surface area (TPSA) is 62.5 Å². The fourth-order valence-corrected chi connectivity index (χ4v) is 3.94. The molecule has 2 saturated heterocycles. The molecule has 2 atom stereocenters. The van der Waals surface area contributed by atoms with E-state index in [0.29, 0.717) is 12.4 Å². The summed E-state index contributed by atoms with van der Waals surface area (Å²) in [7, 11) is 0. The van der Waals surface area contributed by atoms with Crippen LogP contribution in [0.4, 0.5) is 0 Å². The Morgan fingerprint density at radius 3 is 2.44 bits per heavy atom. The second-order valence-electron chi connectivity index (χ2n) is 7.90. The molecule has 0 bridgehead atoms. The maximum Gasteiger partial charge on any atom is 0.239 e. The third-order valence-corrected chi connectivity index (χ3v) is 5.60. The highest BCUT2D eigenvalue weighted by atomic mass is 16.5. The highest BCUT2D eigenvalue weighted by Crippen LogP contribution is 2.27. The zero-order valence-corrected chi connectivity index (χ0v) is 15.9. The number of carbonyl (C=O) groups is 1. The third-order valence-electron chi connectivity index (χ3n) is 5.60. The summed E-state index contributed by atoms with van der Waals surface area (Å²) in [5.74, 6) is 2.16. The molecule has 0 N–H and O–H groups in total. The van der Waals surface area contributed by atoms with E-state index < -0.39 is 0 Å². The lowest BCUT2D eigenvalue weighted by Gasteiger charge is -2.36. The van der Waals surface area contributed by atoms with E-state index in [2.05, 4.69) is 35.8 Å². The highest BCUT2D eigenvalue weighted by molar-refractivity contribution is 5.81. The summed E-state index contributed by atoms with van der Waals surface area (Å²) in [4.78, 5) is 22.0. The van der Waals surface area contributed by atoms with Crippen molar-refractivity contribution >= 4 is 5.91 Å². The Morgan fingerprint density at radius 1 is 1.08 bits per heavy atom. The third kappa shape index (κ3) is 4.40. The molecule has 6 heteroatoms. The first kappa shape index (κ1) is 18.4. The number of hydrogen-bond acceptors (Lipinski definition) is 5. The summed E-state index contributed by atoms with van der Waals surface area (Å²) < 4.78 is 5.36. The van der Waals surface area contributed by atoms with E-state index in [4.69, 9.17) is 4.52 Å². The lowest BCUT2D eigenvalue weighted by Crippen LogP contribution is -2.50. The van der Waals surface area contributed by atoms with Crippen molar-refractivity contribution in [2.45, 2.75) is 77.2 Å². The number of carbonyl (C=O) groups excluding carboxylic acids is 1. The van der Waals surface area contributed by atoms with Gasteiger partial charge in [0.25, 0.3) is 0 Å². The van der Waals surface area contributed by atoms with Crippen molar-refractivity contribution in [1.82, 2.24) is 19.9 Å². The maximum atomic E-state index is 13.0. The monoisotopic (exact) mass is 348 g/mol. The first-order valence-electron chi connectivity index (χ1n) is 9.92. The number of amides is 1. The number of aromatic nitrogens is 2. The number of rotatable bonds is 4. The van der Waals surface area contributed by atoms with Crippen LogP contribution in [0.1, 0.15) is 82.8 Å². The van der Waals surface area contributed by atoms with Crippen molar-refractivity contribution in [2.24, 2.45) is 0 Å². The van der Waals surface area contributed by atoms with Gasteiger partial charge < -0.3 is 9.42 Å². The second kappa shape index (κ2) is 8.30. The van der Waals surface area contributed by atoms with Crippen molar-refractivity contribution in [3.05, 3.63) is 11.7 Å². The molecular weight excluding hydrogens is 316 g/mol. The van der Waals surface area contributed by atoms with Crippen molar-refractivity contribution < 1.29 is 9.32 Å². The molecular formula is C19H32N4O2. The zero-order chi connectivity index (χ0) is 17.8. The minimum Gasteiger partial charge on any atom is -0.341 e. The van der Waals surface area contributed by atoms with E-state index >= 15 is 0 Å². The van der Waals surface area contributed by atoms with Crippen LogP contribution in [0.5, 0.6) is 0 Å². The summed E-state index contributed by atoms with van der Waals surface area (Å²) in [6.45, 7) is 9.84. The quantitative estimate of drug-likeness (QED) is 0.836. The largest absolute Gasteiger partial charge is 0.341 e. The molecule has 6 nitrogen and oxygen atoms in total. The van der Waals surface area contributed by atoms with Gasteiger partial charge in [-0.15, -0.1) is 0 Å². The van der Waals surface area contributed by atoms with Crippen LogP contribution < -0.4 is 0 Å². The van der Waals surface area contributed by atoms with Crippen LogP contribution >= 0.6 is 0 Å². The van der Waals surface area contributed by atoms with Gasteiger partial charge in [0.15, 0.2) is 5.82 Å². The molecule has 140 valence electrons. The zero-order valence-electron chi connectivity index (χ0n) is 15.9. The smallest absolute Gasteiger partial charge is 0.239 e. The van der Waals surface area contributed by atoms with Crippen LogP contribution in [0.2, 0.25) is 0 Å². The molecule has 0 aromatic carbocycles. The normalized spacial score (nSPS) is 24.3. The molecule has 3 heterocycles. The molecule has 2 aliphatic rings. The van der Waals surface area contributed by atoms with Crippen LogP contribution in [-0.4, -0.2) is 58.1 Å². The van der Waals surface area contributed by atoms with Crippen LogP contribution in [0.3, 0.4) is 0 Å². The van der Waals surface area contributed by atoms with E-state index in [9.17, 15) is 4.79 Å². The number of likely N-dealkylation sites (tertiary alicyclic amines) is 2. The van der Waals surface area contributed by atoms with Crippen LogP contribution in [0.15, 0.2) is 4.52 Å². The van der Waals surface area contributed by atoms with Gasteiger partial charge >= 0.3 is 0 Å². The Hall–Kier alpha value is -1.43. The van der Waals surface area contributed by atoms with Crippen LogP contribution in [0.25, 0.3) is 0 Å². The summed E-state index contributed by atoms with van der Waals surface area (Å²) in [6, 6.07) is -0.0201. The van der Waals surface area contributed by atoms with Crippen molar-refractivity contribution in [1.29, 1.82) is 0 Å². The molecule has 3 rings (SSSR count). The molecule has 0 radical (unpaired) electrons. The Balaban J connectivity index is 1.62. The molecule has 1 amide bonds. The van der Waals surface area contributed by atoms with E-state index in [0.717, 1.165) is 38.3 Å². The molecule has 0 aliphatic carbocycles. The molecule has 25 heavy (non-hydrogen) atoms. The molecule has 2 aliphatic heterocycles. The van der Waals surface area contributed by atoms with Gasteiger partial charge in [0, 0.05) is 24.9 Å². The minimum absolute atomic E-state index is 0.0201. The predicted octanol–water partition coefficient (Wildman–Crippen LogP) is 3.16. The van der Waals surface area contributed by atoms with Crippen LogP contribution in [-0.2, 0) is 4.79 Å². The van der Waals surface area contributed by atoms with Crippen molar-refractivity contribution in [2.75, 3.05) is 26.2 Å². The fraction of sp³-hybridized carbons (Fsp3) is 0.842. The molecule has 2 fully saturated rings. The van der Waals surface area contributed by atoms with Gasteiger partial charge in [-0.3, -0.25) is 9.69 Å². The average Bonchev–Trinajstić information content (AvgIpc) is 2.97. The maximum absolute atomic E-state index is 13.0. The lowest BCUT2D eigenvalue weighted by atomic mass is 9.96. The van der Waals surface area contributed by atoms with Gasteiger partial charge in [0.2, 0.25) is 11.8 Å². The summed E-state index contributed by atoms with van der Waals surface area (Å²) in [5.41, 5.74) is 0. The van der Waals surface area contributed by atoms with E-state index in [1.807, 2.05) is 4.90 Å². The van der Waals surface area contributed by atoms with Gasteiger partial charge in [-0.1, -0.05) is 31.8 Å². The summed E-state index contributed by atoms with van der Waals surface area (Å²) >= 11 is 0. The Kier molecular flexibility index (Phi) is 6.10. The molecule has 0 saturated carbocycles. The van der Waals surface area contributed by atoms with Gasteiger partial charge in [-0.25, -0.2) is 0 Å². The number of nitrogens with zero attached hydrogens (tertiary/aromatic N) is 4. The first-order chi connectivity index (χ1) is 12.1. The van der Waals surface area contributed by atoms with Crippen molar-refractivity contribution in [3.8, 4) is 0 Å². The predicted molar refractivity (Wildman–Crippen MR) is 96.4 cm³/mol. The lowest BCUT2D eigenvalue weighted by molar-refractivity contribution is -0.137. The van der Waals surface area contributed by atoms with E-state index in [-0.39, 0.29) is 23.8 Å². The van der Waals surface area contributed by atoms with Gasteiger partial charge in [-0.2, -0.15) is 4.98 Å². The van der Waals surface area contributed by atoms with Gasteiger partial charge in [-0.05, 0) is 45.7 Å². The second-order valence-corrected chi connectivity index (χ2v) is 7.90. The Labute approximate surface area is 150 Å². The summed E-state index contributed by atoms with van der Waals surface area (Å²) in [6.07, 6.45) is 7.04. The van der Waals surface area contributed by atoms with Gasteiger partial charge in [0.05, 0.1) is 6.04 Å². The average molecular weight is 348 g/mol. The van der Waals surface area contributed by atoms with E-state index in [1.165, 1.54) is 25.7 Å². The Morgan fingerprint density at radius 2 is 1.80 bits per heavy atom. The Bertz CT molecular complexity index is 564. The molecule has 0 spiro atoms. The fourth-order valence-electron chi connectivity index (χ4n) is 3.94. The first-order valence-corrected chi connectivity index (χ1v) is 9.92. The minimum atomic E-state index is -0.0201. The van der Waals surface area contributed by atoms with E-state index in [1.54, 1.807) is 0 Å². The van der Waals surface area contributed by atoms with Crippen molar-refractivity contribution in [3.63, 3.8) is 0 Å². The molecule has 1 aromatic heterocycles.